The van der Waals surface area contributed by atoms with Gasteiger partial charge in [0.15, 0.2) is 5.82 Å². The normalized spacial score (nSPS) is 20.5. The number of aromatic nitrogens is 2. The van der Waals surface area contributed by atoms with Crippen LogP contribution in [0.1, 0.15) is 50.0 Å². The molecule has 0 spiro atoms. The molecule has 8 nitrogen and oxygen atoms in total. The maximum atomic E-state index is 13.3. The van der Waals surface area contributed by atoms with E-state index in [0.29, 0.717) is 35.4 Å². The van der Waals surface area contributed by atoms with Crippen LogP contribution in [0.3, 0.4) is 0 Å². The topological polar surface area (TPSA) is 103 Å². The number of fused-ring (bicyclic) bond motifs is 1. The highest BCUT2D eigenvalue weighted by atomic mass is 28.2. The summed E-state index contributed by atoms with van der Waals surface area (Å²) in [6.45, 7) is 10.9. The fourth-order valence-electron chi connectivity index (χ4n) is 6.35. The summed E-state index contributed by atoms with van der Waals surface area (Å²) in [5, 5.41) is 17.6. The summed E-state index contributed by atoms with van der Waals surface area (Å²) < 4.78 is 5.58. The molecule has 2 atom stereocenters. The van der Waals surface area contributed by atoms with Crippen molar-refractivity contribution in [2.24, 2.45) is 5.92 Å². The predicted molar refractivity (Wildman–Crippen MR) is 169 cm³/mol. The van der Waals surface area contributed by atoms with Crippen molar-refractivity contribution in [2.75, 3.05) is 32.1 Å². The van der Waals surface area contributed by atoms with Gasteiger partial charge in [0.05, 0.1) is 18.9 Å². The lowest BCUT2D eigenvalue weighted by atomic mass is 9.80. The van der Waals surface area contributed by atoms with E-state index in [9.17, 15) is 4.79 Å². The van der Waals surface area contributed by atoms with Crippen LogP contribution in [0.4, 0.5) is 5.69 Å². The Hall–Kier alpha value is -3.74. The van der Waals surface area contributed by atoms with E-state index in [-0.39, 0.29) is 11.9 Å². The molecule has 9 heteroatoms. The Bertz CT molecular complexity index is 1470. The highest BCUT2D eigenvalue weighted by molar-refractivity contribution is 6.51. The fourth-order valence-corrected chi connectivity index (χ4v) is 7.45. The van der Waals surface area contributed by atoms with Crippen LogP contribution in [0.15, 0.2) is 54.7 Å². The molecule has 2 aromatic carbocycles. The number of methoxy groups -OCH3 is 1. The van der Waals surface area contributed by atoms with Gasteiger partial charge >= 0.3 is 0 Å². The lowest BCUT2D eigenvalue weighted by Gasteiger charge is -2.40. The number of carbonyl (C=O) groups excluding carboxylic acids is 1. The molecule has 1 amide bonds. The molecule has 1 aliphatic heterocycles. The van der Waals surface area contributed by atoms with Crippen molar-refractivity contribution in [3.8, 4) is 23.2 Å². The number of hydrogen-bond acceptors (Lipinski definition) is 7. The maximum absolute atomic E-state index is 13.3. The van der Waals surface area contributed by atoms with Gasteiger partial charge in [-0.1, -0.05) is 44.7 Å². The Labute approximate surface area is 251 Å². The highest BCUT2D eigenvalue weighted by Gasteiger charge is 2.41. The molecule has 3 aromatic rings. The lowest BCUT2D eigenvalue weighted by molar-refractivity contribution is 0.0888. The van der Waals surface area contributed by atoms with Crippen molar-refractivity contribution in [1.29, 1.82) is 5.26 Å². The zero-order valence-electron chi connectivity index (χ0n) is 24.8. The van der Waals surface area contributed by atoms with E-state index < -0.39 is 0 Å². The van der Waals surface area contributed by atoms with E-state index in [2.05, 4.69) is 52.0 Å². The molecule has 2 radical (unpaired) electrons. The van der Waals surface area contributed by atoms with Crippen molar-refractivity contribution in [3.05, 3.63) is 60.4 Å². The third kappa shape index (κ3) is 6.66. The first-order chi connectivity index (χ1) is 20.4. The van der Waals surface area contributed by atoms with Gasteiger partial charge in [-0.05, 0) is 73.8 Å². The monoisotopic (exact) mass is 580 g/mol. The first-order valence-electron chi connectivity index (χ1n) is 15.0. The second-order valence-corrected chi connectivity index (χ2v) is 12.8. The van der Waals surface area contributed by atoms with E-state index in [4.69, 9.17) is 10.00 Å². The number of nitrogens with zero attached hydrogens (tertiary/aromatic N) is 4. The van der Waals surface area contributed by atoms with Crippen LogP contribution >= 0.6 is 0 Å². The molecule has 0 bridgehead atoms. The van der Waals surface area contributed by atoms with E-state index in [1.165, 1.54) is 18.9 Å². The van der Waals surface area contributed by atoms with Gasteiger partial charge in [0.2, 0.25) is 0 Å². The Kier molecular flexibility index (Phi) is 9.55. The minimum Gasteiger partial charge on any atom is -0.495 e. The predicted octanol–water partition coefficient (Wildman–Crippen LogP) is 5.72. The summed E-state index contributed by atoms with van der Waals surface area (Å²) in [5.41, 5.74) is 3.24. The molecule has 2 heterocycles. The van der Waals surface area contributed by atoms with Crippen molar-refractivity contribution in [3.63, 3.8) is 0 Å². The van der Waals surface area contributed by atoms with Gasteiger partial charge in [-0.2, -0.15) is 5.26 Å². The van der Waals surface area contributed by atoms with Gasteiger partial charge in [0.25, 0.3) is 5.91 Å². The van der Waals surface area contributed by atoms with Gasteiger partial charge in [-0.3, -0.25) is 4.79 Å². The van der Waals surface area contributed by atoms with Gasteiger partial charge < -0.3 is 20.3 Å². The number of carbonyl (C=O) groups is 1. The van der Waals surface area contributed by atoms with Crippen LogP contribution in [0, 0.1) is 17.2 Å². The summed E-state index contributed by atoms with van der Waals surface area (Å²) >= 11 is 0. The van der Waals surface area contributed by atoms with Crippen LogP contribution in [-0.4, -0.2) is 69.1 Å². The van der Waals surface area contributed by atoms with Crippen LogP contribution in [0.25, 0.3) is 22.2 Å². The largest absolute Gasteiger partial charge is 0.495 e. The fraction of sp³-hybridized carbons (Fsp3) is 0.455. The summed E-state index contributed by atoms with van der Waals surface area (Å²) in [6.07, 6.45) is 6.01. The molecule has 5 rings (SSSR count). The zero-order valence-corrected chi connectivity index (χ0v) is 25.8. The second-order valence-electron chi connectivity index (χ2n) is 11.2. The summed E-state index contributed by atoms with van der Waals surface area (Å²) in [6, 6.07) is 15.8. The maximum Gasteiger partial charge on any atom is 0.270 e. The molecule has 2 aliphatic rings. The number of hydrogen-bond donors (Lipinski definition) is 2. The number of rotatable bonds is 12. The minimum atomic E-state index is -0.147. The zero-order chi connectivity index (χ0) is 29.6. The SMILES string of the molecule is C=C(C#N)CNc1c(OC)ccc2ccc(-c3nccc(C(=O)NC4CCC(C(C5C[Si]5)N(CC)CC)CC4)n3)cc12. The quantitative estimate of drug-likeness (QED) is 0.209. The number of anilines is 1. The number of amides is 1. The molecule has 1 saturated carbocycles. The number of nitriles is 1. The Balaban J connectivity index is 1.29. The van der Waals surface area contributed by atoms with Gasteiger partial charge in [0, 0.05) is 50.9 Å². The molecular weight excluding hydrogens is 540 g/mol. The Morgan fingerprint density at radius 3 is 2.60 bits per heavy atom. The second kappa shape index (κ2) is 13.5. The molecule has 218 valence electrons. The first-order valence-corrected chi connectivity index (χ1v) is 16.3. The molecule has 2 unspecified atom stereocenters. The van der Waals surface area contributed by atoms with Crippen LogP contribution < -0.4 is 15.4 Å². The Morgan fingerprint density at radius 1 is 1.19 bits per heavy atom. The highest BCUT2D eigenvalue weighted by Crippen LogP contribution is 2.43. The van der Waals surface area contributed by atoms with E-state index in [0.717, 1.165) is 68.9 Å². The lowest BCUT2D eigenvalue weighted by Crippen LogP contribution is -2.45. The third-order valence-electron chi connectivity index (χ3n) is 8.66. The van der Waals surface area contributed by atoms with Crippen LogP contribution in [0.5, 0.6) is 5.75 Å². The van der Waals surface area contributed by atoms with Crippen LogP contribution in [-0.2, 0) is 0 Å². The molecule has 42 heavy (non-hydrogen) atoms. The molecular formula is C33H40N6O2Si. The number of nitrogens with one attached hydrogen (secondary N) is 2. The van der Waals surface area contributed by atoms with Crippen LogP contribution in [0.2, 0.25) is 11.6 Å². The summed E-state index contributed by atoms with van der Waals surface area (Å²) in [4.78, 5) is 25.1. The van der Waals surface area contributed by atoms with E-state index in [1.807, 2.05) is 30.3 Å². The van der Waals surface area contributed by atoms with Crippen molar-refractivity contribution in [2.45, 2.75) is 63.2 Å². The summed E-state index contributed by atoms with van der Waals surface area (Å²) in [7, 11) is 2.74. The average molecular weight is 581 g/mol. The molecule has 1 aliphatic carbocycles. The van der Waals surface area contributed by atoms with Crippen molar-refractivity contribution >= 4 is 31.9 Å². The van der Waals surface area contributed by atoms with Gasteiger partial charge in [-0.25, -0.2) is 9.97 Å². The minimum absolute atomic E-state index is 0.147. The molecule has 2 fully saturated rings. The van der Waals surface area contributed by atoms with Crippen molar-refractivity contribution in [1.82, 2.24) is 20.2 Å². The Morgan fingerprint density at radius 2 is 1.93 bits per heavy atom. The van der Waals surface area contributed by atoms with E-state index in [1.54, 1.807) is 19.4 Å². The smallest absolute Gasteiger partial charge is 0.270 e. The molecule has 1 saturated heterocycles. The average Bonchev–Trinajstić information content (AvgIpc) is 3.87. The number of ether oxygens (including phenoxy) is 1. The van der Waals surface area contributed by atoms with Gasteiger partial charge in [0.1, 0.15) is 11.4 Å². The third-order valence-corrected chi connectivity index (χ3v) is 9.88. The summed E-state index contributed by atoms with van der Waals surface area (Å²) in [5.74, 6) is 1.73. The van der Waals surface area contributed by atoms with Crippen molar-refractivity contribution < 1.29 is 9.53 Å². The molecule has 1 aromatic heterocycles. The van der Waals surface area contributed by atoms with Gasteiger partial charge in [-0.15, -0.1) is 0 Å². The molecule has 2 N–H and O–H groups in total. The van der Waals surface area contributed by atoms with E-state index >= 15 is 0 Å². The first kappa shape index (κ1) is 29.7. The number of benzene rings is 2. The standard InChI is InChI=1S/C33H40N6O2Si/c1-5-39(6-2)31(29-20-42-29)23-9-12-25(13-10-23)37-33(40)27-15-16-35-32(38-27)24-8-7-22-11-14-28(41-4)30(26(22)17-24)36-19-21(3)18-34/h7-8,11,14-17,23,25,29,31,36H,3,5-6,9-10,12-13,19-20H2,1-2,4H3,(H,37,40).